The van der Waals surface area contributed by atoms with Crippen LogP contribution in [0.1, 0.15) is 12.0 Å². The van der Waals surface area contributed by atoms with Gasteiger partial charge >= 0.3 is 0 Å². The number of carbonyl (C=O) groups is 2. The predicted molar refractivity (Wildman–Crippen MR) is 78.5 cm³/mol. The van der Waals surface area contributed by atoms with Crippen molar-refractivity contribution >= 4 is 11.8 Å². The molecular formula is C15H19N3O4. The maximum absolute atomic E-state index is 12.1. The molecule has 1 fully saturated rings. The molecule has 0 spiro atoms. The van der Waals surface area contributed by atoms with Crippen LogP contribution >= 0.6 is 0 Å². The molecule has 2 amide bonds. The van der Waals surface area contributed by atoms with Crippen molar-refractivity contribution in [3.05, 3.63) is 23.8 Å². The van der Waals surface area contributed by atoms with Crippen molar-refractivity contribution in [2.24, 2.45) is 0 Å². The van der Waals surface area contributed by atoms with E-state index in [9.17, 15) is 9.59 Å². The van der Waals surface area contributed by atoms with Gasteiger partial charge < -0.3 is 20.1 Å². The van der Waals surface area contributed by atoms with Crippen LogP contribution in [0.3, 0.4) is 0 Å². The molecule has 2 aliphatic heterocycles. The molecule has 7 heteroatoms. The Kier molecular flexibility index (Phi) is 4.15. The van der Waals surface area contributed by atoms with Gasteiger partial charge in [0.1, 0.15) is 0 Å². The van der Waals surface area contributed by atoms with Crippen LogP contribution in [0.2, 0.25) is 0 Å². The minimum atomic E-state index is -0.466. The lowest BCUT2D eigenvalue weighted by atomic mass is 10.1. The van der Waals surface area contributed by atoms with Gasteiger partial charge in [0.25, 0.3) is 0 Å². The lowest BCUT2D eigenvalue weighted by Crippen LogP contribution is -2.56. The molecule has 2 aliphatic rings. The summed E-state index contributed by atoms with van der Waals surface area (Å²) in [5.41, 5.74) is 0.964. The highest BCUT2D eigenvalue weighted by molar-refractivity contribution is 5.88. The summed E-state index contributed by atoms with van der Waals surface area (Å²) >= 11 is 0. The summed E-state index contributed by atoms with van der Waals surface area (Å²) in [6.07, 6.45) is 0.148. The summed E-state index contributed by atoms with van der Waals surface area (Å²) in [6, 6.07) is 5.25. The van der Waals surface area contributed by atoms with E-state index in [1.807, 2.05) is 23.1 Å². The summed E-state index contributed by atoms with van der Waals surface area (Å²) in [4.78, 5) is 25.7. The van der Waals surface area contributed by atoms with E-state index in [1.54, 1.807) is 7.05 Å². The number of carbonyl (C=O) groups excluding carboxylic acids is 2. The van der Waals surface area contributed by atoms with E-state index < -0.39 is 6.04 Å². The first-order valence-electron chi connectivity index (χ1n) is 7.29. The second-order valence-electron chi connectivity index (χ2n) is 5.31. The quantitative estimate of drug-likeness (QED) is 0.809. The minimum Gasteiger partial charge on any atom is -0.454 e. The van der Waals surface area contributed by atoms with E-state index >= 15 is 0 Å². The van der Waals surface area contributed by atoms with E-state index in [0.717, 1.165) is 17.1 Å². The Morgan fingerprint density at radius 1 is 1.45 bits per heavy atom. The molecule has 2 N–H and O–H groups in total. The summed E-state index contributed by atoms with van der Waals surface area (Å²) in [5.74, 6) is 1.19. The fraction of sp³-hybridized carbons (Fsp3) is 0.467. The molecule has 3 rings (SSSR count). The third-order valence-electron chi connectivity index (χ3n) is 3.95. The van der Waals surface area contributed by atoms with Crippen LogP contribution in [-0.2, 0) is 16.1 Å². The molecule has 0 aliphatic carbocycles. The van der Waals surface area contributed by atoms with E-state index in [1.165, 1.54) is 0 Å². The molecule has 0 saturated carbocycles. The van der Waals surface area contributed by atoms with Crippen molar-refractivity contribution in [2.75, 3.05) is 26.9 Å². The van der Waals surface area contributed by atoms with Crippen molar-refractivity contribution in [3.8, 4) is 11.5 Å². The van der Waals surface area contributed by atoms with Gasteiger partial charge in [-0.15, -0.1) is 0 Å². The zero-order chi connectivity index (χ0) is 15.5. The zero-order valence-corrected chi connectivity index (χ0v) is 12.4. The van der Waals surface area contributed by atoms with E-state index in [4.69, 9.17) is 9.47 Å². The molecule has 1 atom stereocenters. The van der Waals surface area contributed by atoms with Crippen molar-refractivity contribution < 1.29 is 19.1 Å². The van der Waals surface area contributed by atoms with Crippen molar-refractivity contribution in [1.29, 1.82) is 0 Å². The molecule has 118 valence electrons. The van der Waals surface area contributed by atoms with Crippen LogP contribution in [0.5, 0.6) is 11.5 Å². The van der Waals surface area contributed by atoms with Gasteiger partial charge in [-0.05, 0) is 6.07 Å². The van der Waals surface area contributed by atoms with Crippen LogP contribution in [0.15, 0.2) is 18.2 Å². The molecular weight excluding hydrogens is 286 g/mol. The van der Waals surface area contributed by atoms with Gasteiger partial charge in [0.05, 0.1) is 12.5 Å². The van der Waals surface area contributed by atoms with Crippen LogP contribution in [0.25, 0.3) is 0 Å². The molecule has 0 radical (unpaired) electrons. The monoisotopic (exact) mass is 305 g/mol. The number of benzene rings is 1. The van der Waals surface area contributed by atoms with Crippen molar-refractivity contribution in [3.63, 3.8) is 0 Å². The lowest BCUT2D eigenvalue weighted by Gasteiger charge is -2.34. The van der Waals surface area contributed by atoms with Gasteiger partial charge in [-0.2, -0.15) is 0 Å². The Morgan fingerprint density at radius 2 is 2.32 bits per heavy atom. The summed E-state index contributed by atoms with van der Waals surface area (Å²) in [5, 5.41) is 5.38. The maximum Gasteiger partial charge on any atom is 0.237 e. The Hall–Kier alpha value is -2.28. The molecule has 2 heterocycles. The predicted octanol–water partition coefficient (Wildman–Crippen LogP) is -0.148. The Labute approximate surface area is 128 Å². The Bertz CT molecular complexity index is 590. The fourth-order valence-corrected chi connectivity index (χ4v) is 2.78. The van der Waals surface area contributed by atoms with Crippen LogP contribution in [-0.4, -0.2) is 49.7 Å². The molecule has 1 aromatic rings. The van der Waals surface area contributed by atoms with Gasteiger partial charge in [-0.25, -0.2) is 0 Å². The number of amides is 2. The first-order valence-corrected chi connectivity index (χ1v) is 7.29. The van der Waals surface area contributed by atoms with Gasteiger partial charge in [0, 0.05) is 32.2 Å². The number of para-hydroxylation sites is 1. The Morgan fingerprint density at radius 3 is 3.14 bits per heavy atom. The number of fused-ring (bicyclic) bond motifs is 1. The normalized spacial score (nSPS) is 20.6. The van der Waals surface area contributed by atoms with Crippen LogP contribution in [0, 0.1) is 0 Å². The fourth-order valence-electron chi connectivity index (χ4n) is 2.78. The molecule has 0 aromatic heterocycles. The lowest BCUT2D eigenvalue weighted by molar-refractivity contribution is -0.134. The van der Waals surface area contributed by atoms with Crippen molar-refractivity contribution in [1.82, 2.24) is 15.5 Å². The average molecular weight is 305 g/mol. The number of nitrogens with one attached hydrogen (secondary N) is 2. The first-order chi connectivity index (χ1) is 10.7. The van der Waals surface area contributed by atoms with Gasteiger partial charge in [-0.1, -0.05) is 12.1 Å². The van der Waals surface area contributed by atoms with Crippen LogP contribution in [0.4, 0.5) is 0 Å². The van der Waals surface area contributed by atoms with E-state index in [0.29, 0.717) is 19.6 Å². The third kappa shape index (κ3) is 2.85. The molecule has 0 bridgehead atoms. The van der Waals surface area contributed by atoms with Gasteiger partial charge in [0.15, 0.2) is 11.5 Å². The third-order valence-corrected chi connectivity index (χ3v) is 3.95. The molecule has 0 unspecified atom stereocenters. The topological polar surface area (TPSA) is 79.9 Å². The van der Waals surface area contributed by atoms with Gasteiger partial charge in [0.2, 0.25) is 18.6 Å². The van der Waals surface area contributed by atoms with Crippen molar-refractivity contribution in [2.45, 2.75) is 19.0 Å². The molecule has 1 aromatic carbocycles. The second kappa shape index (κ2) is 6.23. The van der Waals surface area contributed by atoms with Gasteiger partial charge in [-0.3, -0.25) is 14.5 Å². The summed E-state index contributed by atoms with van der Waals surface area (Å²) in [6.45, 7) is 2.03. The number of hydrogen-bond donors (Lipinski definition) is 2. The first kappa shape index (κ1) is 14.6. The largest absolute Gasteiger partial charge is 0.454 e. The molecule has 7 nitrogen and oxygen atoms in total. The SMILES string of the molecule is CNC(=O)C[C@@H]1C(=O)NCCN1Cc1cccc2c1OCO2. The molecule has 22 heavy (non-hydrogen) atoms. The highest BCUT2D eigenvalue weighted by Gasteiger charge is 2.32. The number of hydrogen-bond acceptors (Lipinski definition) is 5. The Balaban J connectivity index is 1.78. The van der Waals surface area contributed by atoms with E-state index in [2.05, 4.69) is 10.6 Å². The smallest absolute Gasteiger partial charge is 0.237 e. The maximum atomic E-state index is 12.1. The summed E-state index contributed by atoms with van der Waals surface area (Å²) < 4.78 is 10.9. The second-order valence-corrected chi connectivity index (χ2v) is 5.31. The standard InChI is InChI=1S/C15H19N3O4/c1-16-13(19)7-11-15(20)17-5-6-18(11)8-10-3-2-4-12-14(10)22-9-21-12/h2-4,11H,5-9H2,1H3,(H,16,19)(H,17,20)/t11-/m1/s1. The average Bonchev–Trinajstić information content (AvgIpc) is 3.00. The van der Waals surface area contributed by atoms with Crippen LogP contribution < -0.4 is 20.1 Å². The number of rotatable bonds is 4. The summed E-state index contributed by atoms with van der Waals surface area (Å²) in [7, 11) is 1.57. The van der Waals surface area contributed by atoms with E-state index in [-0.39, 0.29) is 25.0 Å². The number of piperazine rings is 1. The highest BCUT2D eigenvalue weighted by Crippen LogP contribution is 2.36. The minimum absolute atomic E-state index is 0.111. The number of nitrogens with zero attached hydrogens (tertiary/aromatic N) is 1. The number of ether oxygens (including phenoxy) is 2. The highest BCUT2D eigenvalue weighted by atomic mass is 16.7. The zero-order valence-electron chi connectivity index (χ0n) is 12.4. The molecule has 1 saturated heterocycles.